The van der Waals surface area contributed by atoms with E-state index < -0.39 is 5.97 Å². The van der Waals surface area contributed by atoms with Gasteiger partial charge in [0.1, 0.15) is 12.2 Å². The molecule has 2 aromatic rings. The monoisotopic (exact) mass is 382 g/mol. The van der Waals surface area contributed by atoms with Gasteiger partial charge in [-0.05, 0) is 37.7 Å². The molecule has 0 saturated carbocycles. The second-order valence-electron chi connectivity index (χ2n) is 7.67. The third kappa shape index (κ3) is 2.53. The molecule has 0 saturated heterocycles. The molecule has 7 nitrogen and oxygen atoms in total. The molecule has 0 radical (unpaired) electrons. The van der Waals surface area contributed by atoms with E-state index in [1.165, 1.54) is 23.7 Å². The van der Waals surface area contributed by atoms with Gasteiger partial charge in [0.05, 0.1) is 18.7 Å². The Morgan fingerprint density at radius 2 is 2.29 bits per heavy atom. The van der Waals surface area contributed by atoms with Crippen molar-refractivity contribution < 1.29 is 23.4 Å². The van der Waals surface area contributed by atoms with Gasteiger partial charge >= 0.3 is 5.97 Å². The highest BCUT2D eigenvalue weighted by Crippen LogP contribution is 2.55. The standard InChI is InChI=1S/C21H22N2O5/c1-23-8-7-21-6-5-14(27-20(24)16-10-22-12-26-16)9-17(21)28-19-15(25-2)4-3-13(11-23)18(19)21/h3-6,10,12,14,17H,7-9,11H2,1-2H3/t14-,17-,21-/m0/s1. The van der Waals surface area contributed by atoms with E-state index >= 15 is 0 Å². The lowest BCUT2D eigenvalue weighted by Gasteiger charge is -2.36. The lowest BCUT2D eigenvalue weighted by molar-refractivity contribution is 0.0187. The highest BCUT2D eigenvalue weighted by molar-refractivity contribution is 5.86. The minimum Gasteiger partial charge on any atom is -0.493 e. The average Bonchev–Trinajstić information content (AvgIpc) is 3.30. The van der Waals surface area contributed by atoms with Gasteiger partial charge in [0, 0.05) is 18.5 Å². The van der Waals surface area contributed by atoms with Crippen molar-refractivity contribution in [1.82, 2.24) is 9.88 Å². The topological polar surface area (TPSA) is 74.0 Å². The molecule has 0 amide bonds. The molecule has 1 aromatic carbocycles. The Labute approximate surface area is 162 Å². The second kappa shape index (κ2) is 6.38. The van der Waals surface area contributed by atoms with Crippen molar-refractivity contribution in [2.45, 2.75) is 37.0 Å². The number of oxazole rings is 1. The molecule has 3 aliphatic rings. The molecule has 7 heteroatoms. The quantitative estimate of drug-likeness (QED) is 0.597. The fourth-order valence-corrected chi connectivity index (χ4v) is 4.66. The molecule has 146 valence electrons. The van der Waals surface area contributed by atoms with Gasteiger partial charge in [0.2, 0.25) is 5.76 Å². The van der Waals surface area contributed by atoms with Crippen LogP contribution in [0.2, 0.25) is 0 Å². The summed E-state index contributed by atoms with van der Waals surface area (Å²) in [6.07, 6.45) is 7.77. The molecule has 5 rings (SSSR count). The van der Waals surface area contributed by atoms with Crippen LogP contribution in [0.25, 0.3) is 0 Å². The number of methoxy groups -OCH3 is 1. The normalized spacial score (nSPS) is 28.1. The molecule has 3 atom stereocenters. The summed E-state index contributed by atoms with van der Waals surface area (Å²) >= 11 is 0. The summed E-state index contributed by atoms with van der Waals surface area (Å²) < 4.78 is 22.6. The predicted octanol–water partition coefficient (Wildman–Crippen LogP) is 2.70. The zero-order valence-electron chi connectivity index (χ0n) is 15.9. The Morgan fingerprint density at radius 3 is 3.07 bits per heavy atom. The van der Waals surface area contributed by atoms with Gasteiger partial charge in [-0.25, -0.2) is 9.78 Å². The number of esters is 1. The number of nitrogens with zero attached hydrogens (tertiary/aromatic N) is 2. The SMILES string of the molecule is COc1ccc2c3c1O[C@H]1C[C@@H](OC(=O)c4cnco4)C=C[C@@]31CCN(C)C2. The van der Waals surface area contributed by atoms with Crippen LogP contribution >= 0.6 is 0 Å². The van der Waals surface area contributed by atoms with Crippen LogP contribution in [-0.4, -0.2) is 48.8 Å². The van der Waals surface area contributed by atoms with Gasteiger partial charge in [-0.1, -0.05) is 12.1 Å². The minimum atomic E-state index is -0.516. The van der Waals surface area contributed by atoms with Crippen LogP contribution in [0.15, 0.2) is 41.3 Å². The number of aromatic nitrogens is 1. The molecule has 3 heterocycles. The van der Waals surface area contributed by atoms with Gasteiger partial charge in [-0.2, -0.15) is 0 Å². The molecule has 1 aromatic heterocycles. The van der Waals surface area contributed by atoms with Crippen molar-refractivity contribution in [2.75, 3.05) is 20.7 Å². The van der Waals surface area contributed by atoms with Crippen LogP contribution < -0.4 is 9.47 Å². The lowest BCUT2D eigenvalue weighted by Crippen LogP contribution is -2.43. The number of hydrogen-bond acceptors (Lipinski definition) is 7. The van der Waals surface area contributed by atoms with Crippen LogP contribution in [-0.2, 0) is 16.7 Å². The number of ether oxygens (including phenoxy) is 3. The summed E-state index contributed by atoms with van der Waals surface area (Å²) in [5, 5.41) is 0. The Morgan fingerprint density at radius 1 is 1.39 bits per heavy atom. The minimum absolute atomic E-state index is 0.101. The molecule has 0 fully saturated rings. The van der Waals surface area contributed by atoms with E-state index in [2.05, 4.69) is 29.1 Å². The number of rotatable bonds is 3. The first-order valence-electron chi connectivity index (χ1n) is 9.45. The highest BCUT2D eigenvalue weighted by Gasteiger charge is 2.53. The fourth-order valence-electron chi connectivity index (χ4n) is 4.66. The smallest absolute Gasteiger partial charge is 0.376 e. The molecule has 0 unspecified atom stereocenters. The summed E-state index contributed by atoms with van der Waals surface area (Å²) in [7, 11) is 3.80. The first kappa shape index (κ1) is 17.3. The number of benzene rings is 1. The zero-order valence-corrected chi connectivity index (χ0v) is 15.9. The zero-order chi connectivity index (χ0) is 19.3. The third-order valence-electron chi connectivity index (χ3n) is 6.02. The van der Waals surface area contributed by atoms with Crippen LogP contribution in [0.1, 0.15) is 34.5 Å². The molecular formula is C21H22N2O5. The van der Waals surface area contributed by atoms with Gasteiger partial charge in [-0.15, -0.1) is 0 Å². The number of hydrogen-bond donors (Lipinski definition) is 0. The van der Waals surface area contributed by atoms with Crippen molar-refractivity contribution in [2.24, 2.45) is 0 Å². The highest BCUT2D eigenvalue weighted by atomic mass is 16.6. The maximum atomic E-state index is 12.2. The second-order valence-corrected chi connectivity index (χ2v) is 7.67. The molecular weight excluding hydrogens is 360 g/mol. The summed E-state index contributed by atoms with van der Waals surface area (Å²) in [5.74, 6) is 1.16. The fraction of sp³-hybridized carbons (Fsp3) is 0.429. The van der Waals surface area contributed by atoms with E-state index in [9.17, 15) is 4.79 Å². The van der Waals surface area contributed by atoms with Crippen LogP contribution in [0.3, 0.4) is 0 Å². The van der Waals surface area contributed by atoms with Crippen LogP contribution in [0.4, 0.5) is 0 Å². The van der Waals surface area contributed by atoms with Crippen molar-refractivity contribution in [3.63, 3.8) is 0 Å². The van der Waals surface area contributed by atoms with Gasteiger partial charge < -0.3 is 23.5 Å². The predicted molar refractivity (Wildman–Crippen MR) is 99.5 cm³/mol. The van der Waals surface area contributed by atoms with E-state index in [-0.39, 0.29) is 23.4 Å². The summed E-state index contributed by atoms with van der Waals surface area (Å²) in [6.45, 7) is 1.84. The summed E-state index contributed by atoms with van der Waals surface area (Å²) in [5.41, 5.74) is 2.26. The van der Waals surface area contributed by atoms with E-state index in [0.29, 0.717) is 6.42 Å². The van der Waals surface area contributed by atoms with Crippen LogP contribution in [0.5, 0.6) is 11.5 Å². The van der Waals surface area contributed by atoms with Crippen LogP contribution in [0, 0.1) is 0 Å². The summed E-state index contributed by atoms with van der Waals surface area (Å²) in [6, 6.07) is 4.11. The molecule has 0 bridgehead atoms. The summed E-state index contributed by atoms with van der Waals surface area (Å²) in [4.78, 5) is 18.3. The van der Waals surface area contributed by atoms with E-state index in [4.69, 9.17) is 18.6 Å². The number of carbonyl (C=O) groups excluding carboxylic acids is 1. The third-order valence-corrected chi connectivity index (χ3v) is 6.02. The lowest BCUT2D eigenvalue weighted by atomic mass is 9.69. The Balaban J connectivity index is 1.50. The maximum absolute atomic E-state index is 12.2. The van der Waals surface area contributed by atoms with Gasteiger partial charge in [0.15, 0.2) is 17.9 Å². The van der Waals surface area contributed by atoms with Crippen molar-refractivity contribution in [3.05, 3.63) is 53.8 Å². The first-order valence-corrected chi connectivity index (χ1v) is 9.45. The van der Waals surface area contributed by atoms with E-state index in [1.807, 2.05) is 12.1 Å². The van der Waals surface area contributed by atoms with Gasteiger partial charge in [0.25, 0.3) is 0 Å². The molecule has 1 spiro atoms. The molecule has 2 aliphatic heterocycles. The average molecular weight is 382 g/mol. The van der Waals surface area contributed by atoms with Gasteiger partial charge in [-0.3, -0.25) is 0 Å². The maximum Gasteiger partial charge on any atom is 0.376 e. The van der Waals surface area contributed by atoms with E-state index in [1.54, 1.807) is 7.11 Å². The largest absolute Gasteiger partial charge is 0.493 e. The Bertz CT molecular complexity index is 939. The number of carbonyl (C=O) groups is 1. The van der Waals surface area contributed by atoms with Crippen molar-refractivity contribution in [1.29, 1.82) is 0 Å². The van der Waals surface area contributed by atoms with Crippen molar-refractivity contribution >= 4 is 5.97 Å². The van der Waals surface area contributed by atoms with E-state index in [0.717, 1.165) is 31.0 Å². The molecule has 28 heavy (non-hydrogen) atoms. The first-order chi connectivity index (χ1) is 13.6. The Hall–Kier alpha value is -2.80. The Kier molecular flexibility index (Phi) is 3.94. The molecule has 0 N–H and O–H groups in total. The molecule has 1 aliphatic carbocycles. The van der Waals surface area contributed by atoms with Crippen molar-refractivity contribution in [3.8, 4) is 11.5 Å².